The molecule has 0 saturated heterocycles. The van der Waals surface area contributed by atoms with Crippen molar-refractivity contribution in [1.29, 1.82) is 0 Å². The van der Waals surface area contributed by atoms with Gasteiger partial charge >= 0.3 is 18.0 Å². The van der Waals surface area contributed by atoms with Crippen molar-refractivity contribution in [2.75, 3.05) is 14.2 Å². The SMILES string of the molecule is COC(=O)CCc1ccc(CC(NC(=O)OC(C)(C)C)C(=O)OC)cc1. The number of alkyl carbamates (subject to hydrolysis) is 1. The van der Waals surface area contributed by atoms with Gasteiger partial charge in [0.05, 0.1) is 14.2 Å². The molecule has 0 fully saturated rings. The Kier molecular flexibility index (Phi) is 8.09. The number of rotatable bonds is 7. The first-order valence-corrected chi connectivity index (χ1v) is 8.36. The molecule has 0 aliphatic heterocycles. The van der Waals surface area contributed by atoms with E-state index in [1.165, 1.54) is 14.2 Å². The monoisotopic (exact) mass is 365 g/mol. The summed E-state index contributed by atoms with van der Waals surface area (Å²) in [4.78, 5) is 35.1. The van der Waals surface area contributed by atoms with Crippen LogP contribution in [-0.2, 0) is 36.6 Å². The summed E-state index contributed by atoms with van der Waals surface area (Å²) in [7, 11) is 2.62. The molecule has 26 heavy (non-hydrogen) atoms. The number of nitrogens with one attached hydrogen (secondary N) is 1. The van der Waals surface area contributed by atoms with Crippen molar-refractivity contribution in [2.24, 2.45) is 0 Å². The minimum Gasteiger partial charge on any atom is -0.469 e. The van der Waals surface area contributed by atoms with Gasteiger partial charge in [-0.3, -0.25) is 4.79 Å². The van der Waals surface area contributed by atoms with Crippen LogP contribution in [-0.4, -0.2) is 43.9 Å². The first kappa shape index (κ1) is 21.5. The van der Waals surface area contributed by atoms with Crippen LogP contribution in [0.25, 0.3) is 0 Å². The van der Waals surface area contributed by atoms with Gasteiger partial charge in [0, 0.05) is 12.8 Å². The molecule has 0 spiro atoms. The number of amides is 1. The number of hydrogen-bond acceptors (Lipinski definition) is 6. The van der Waals surface area contributed by atoms with Crippen LogP contribution in [0.15, 0.2) is 24.3 Å². The highest BCUT2D eigenvalue weighted by Crippen LogP contribution is 2.11. The maximum Gasteiger partial charge on any atom is 0.408 e. The molecule has 1 atom stereocenters. The third-order valence-corrected chi connectivity index (χ3v) is 3.48. The van der Waals surface area contributed by atoms with Crippen LogP contribution in [0, 0.1) is 0 Å². The first-order valence-electron chi connectivity index (χ1n) is 8.36. The molecule has 7 nitrogen and oxygen atoms in total. The molecule has 0 radical (unpaired) electrons. The van der Waals surface area contributed by atoms with E-state index >= 15 is 0 Å². The van der Waals surface area contributed by atoms with Gasteiger partial charge in [-0.25, -0.2) is 9.59 Å². The standard InChI is InChI=1S/C19H27NO6/c1-19(2,3)26-18(23)20-15(17(22)25-5)12-14-8-6-13(7-9-14)10-11-16(21)24-4/h6-9,15H,10-12H2,1-5H3,(H,20,23). The van der Waals surface area contributed by atoms with Gasteiger partial charge in [-0.2, -0.15) is 0 Å². The Morgan fingerprint density at radius 1 is 1.00 bits per heavy atom. The second kappa shape index (κ2) is 9.79. The number of aryl methyl sites for hydroxylation is 1. The zero-order valence-corrected chi connectivity index (χ0v) is 16.0. The fraction of sp³-hybridized carbons (Fsp3) is 0.526. The van der Waals surface area contributed by atoms with Crippen LogP contribution in [0.3, 0.4) is 0 Å². The van der Waals surface area contributed by atoms with Crippen molar-refractivity contribution in [2.45, 2.75) is 51.7 Å². The zero-order valence-electron chi connectivity index (χ0n) is 16.0. The maximum atomic E-state index is 12.0. The molecule has 0 aliphatic carbocycles. The van der Waals surface area contributed by atoms with Crippen LogP contribution in [0.1, 0.15) is 38.3 Å². The first-order chi connectivity index (χ1) is 12.1. The minimum atomic E-state index is -0.851. The van der Waals surface area contributed by atoms with E-state index in [1.807, 2.05) is 24.3 Å². The van der Waals surface area contributed by atoms with E-state index in [2.05, 4.69) is 10.1 Å². The van der Waals surface area contributed by atoms with E-state index in [9.17, 15) is 14.4 Å². The predicted octanol–water partition coefficient (Wildman–Crippen LogP) is 2.40. The summed E-state index contributed by atoms with van der Waals surface area (Å²) in [6.07, 6.45) is 0.468. The quantitative estimate of drug-likeness (QED) is 0.589. The topological polar surface area (TPSA) is 90.9 Å². The van der Waals surface area contributed by atoms with Gasteiger partial charge in [0.2, 0.25) is 0 Å². The Morgan fingerprint density at radius 2 is 1.58 bits per heavy atom. The van der Waals surface area contributed by atoms with Crippen LogP contribution in [0.2, 0.25) is 0 Å². The Bertz CT molecular complexity index is 618. The Labute approximate surface area is 154 Å². The Hall–Kier alpha value is -2.57. The average Bonchev–Trinajstić information content (AvgIpc) is 2.57. The van der Waals surface area contributed by atoms with Gasteiger partial charge in [-0.05, 0) is 38.3 Å². The molecule has 0 aromatic heterocycles. The molecule has 1 amide bonds. The van der Waals surface area contributed by atoms with Gasteiger partial charge in [-0.15, -0.1) is 0 Å². The molecule has 0 aliphatic rings. The lowest BCUT2D eigenvalue weighted by Crippen LogP contribution is -2.45. The van der Waals surface area contributed by atoms with Gasteiger partial charge in [-0.1, -0.05) is 24.3 Å². The number of benzene rings is 1. The van der Waals surface area contributed by atoms with Crippen molar-refractivity contribution in [3.05, 3.63) is 35.4 Å². The zero-order chi connectivity index (χ0) is 19.7. The van der Waals surface area contributed by atoms with Crippen LogP contribution in [0.5, 0.6) is 0 Å². The largest absolute Gasteiger partial charge is 0.469 e. The Morgan fingerprint density at radius 3 is 2.08 bits per heavy atom. The smallest absolute Gasteiger partial charge is 0.408 e. The molecule has 0 heterocycles. The number of hydrogen-bond donors (Lipinski definition) is 1. The molecular formula is C19H27NO6. The molecule has 144 valence electrons. The van der Waals surface area contributed by atoms with Crippen molar-refractivity contribution in [3.8, 4) is 0 Å². The average molecular weight is 365 g/mol. The number of esters is 2. The van der Waals surface area contributed by atoms with E-state index in [4.69, 9.17) is 9.47 Å². The molecule has 0 saturated carbocycles. The van der Waals surface area contributed by atoms with E-state index in [-0.39, 0.29) is 12.4 Å². The van der Waals surface area contributed by atoms with Gasteiger partial charge < -0.3 is 19.5 Å². The summed E-state index contributed by atoms with van der Waals surface area (Å²) >= 11 is 0. The fourth-order valence-corrected chi connectivity index (χ4v) is 2.21. The van der Waals surface area contributed by atoms with E-state index in [1.54, 1.807) is 20.8 Å². The predicted molar refractivity (Wildman–Crippen MR) is 95.7 cm³/mol. The third kappa shape index (κ3) is 8.00. The lowest BCUT2D eigenvalue weighted by molar-refractivity contribution is -0.143. The molecule has 1 rings (SSSR count). The van der Waals surface area contributed by atoms with Crippen molar-refractivity contribution in [3.63, 3.8) is 0 Å². The molecular weight excluding hydrogens is 338 g/mol. The lowest BCUT2D eigenvalue weighted by atomic mass is 10.0. The van der Waals surface area contributed by atoms with Crippen LogP contribution in [0.4, 0.5) is 4.79 Å². The summed E-state index contributed by atoms with van der Waals surface area (Å²) in [5, 5.41) is 2.54. The Balaban J connectivity index is 2.71. The summed E-state index contributed by atoms with van der Waals surface area (Å²) in [5.41, 5.74) is 1.17. The second-order valence-electron chi connectivity index (χ2n) is 6.82. The summed E-state index contributed by atoms with van der Waals surface area (Å²) in [5.74, 6) is -0.813. The molecule has 1 aromatic carbocycles. The summed E-state index contributed by atoms with van der Waals surface area (Å²) in [6.45, 7) is 5.23. The van der Waals surface area contributed by atoms with Gasteiger partial charge in [0.1, 0.15) is 11.6 Å². The lowest BCUT2D eigenvalue weighted by Gasteiger charge is -2.22. The van der Waals surface area contributed by atoms with Gasteiger partial charge in [0.25, 0.3) is 0 Å². The van der Waals surface area contributed by atoms with Gasteiger partial charge in [0.15, 0.2) is 0 Å². The van der Waals surface area contributed by atoms with Crippen LogP contribution >= 0.6 is 0 Å². The second-order valence-corrected chi connectivity index (χ2v) is 6.82. The molecule has 1 unspecified atom stereocenters. The summed E-state index contributed by atoms with van der Waals surface area (Å²) in [6, 6.07) is 6.59. The third-order valence-electron chi connectivity index (χ3n) is 3.48. The van der Waals surface area contributed by atoms with Crippen molar-refractivity contribution < 1.29 is 28.6 Å². The maximum absolute atomic E-state index is 12.0. The minimum absolute atomic E-state index is 0.263. The highest BCUT2D eigenvalue weighted by Gasteiger charge is 2.25. The van der Waals surface area contributed by atoms with E-state index < -0.39 is 23.7 Å². The number of carbonyl (C=O) groups is 3. The fourth-order valence-electron chi connectivity index (χ4n) is 2.21. The van der Waals surface area contributed by atoms with E-state index in [0.717, 1.165) is 11.1 Å². The van der Waals surface area contributed by atoms with Crippen molar-refractivity contribution in [1.82, 2.24) is 5.32 Å². The van der Waals surface area contributed by atoms with Crippen molar-refractivity contribution >= 4 is 18.0 Å². The molecule has 1 aromatic rings. The van der Waals surface area contributed by atoms with Crippen LogP contribution < -0.4 is 5.32 Å². The highest BCUT2D eigenvalue weighted by atomic mass is 16.6. The molecule has 7 heteroatoms. The normalized spacial score (nSPS) is 12.0. The number of ether oxygens (including phenoxy) is 3. The molecule has 0 bridgehead atoms. The number of carbonyl (C=O) groups excluding carboxylic acids is 3. The van der Waals surface area contributed by atoms with E-state index in [0.29, 0.717) is 12.8 Å². The number of methoxy groups -OCH3 is 2. The summed E-state index contributed by atoms with van der Waals surface area (Å²) < 4.78 is 14.6. The molecule has 1 N–H and O–H groups in total. The highest BCUT2D eigenvalue weighted by molar-refractivity contribution is 5.81.